The van der Waals surface area contributed by atoms with Crippen molar-refractivity contribution in [1.29, 1.82) is 0 Å². The maximum Gasteiger partial charge on any atom is 0.262 e. The number of benzene rings is 1. The molecule has 5 nitrogen and oxygen atoms in total. The standard InChI is InChI=1S/C16H23N3O2S/c1-5-19-11-16(13(4)17-19)18-22(20,21)15-8-6-14(7-9-15)10-12(2)3/h6-9,11-12,18H,5,10H2,1-4H3. The summed E-state index contributed by atoms with van der Waals surface area (Å²) in [5.74, 6) is 0.545. The minimum absolute atomic E-state index is 0.267. The molecule has 6 heteroatoms. The molecule has 0 aliphatic rings. The average molecular weight is 321 g/mol. The Hall–Kier alpha value is -1.82. The van der Waals surface area contributed by atoms with Crippen LogP contribution in [0, 0.1) is 12.8 Å². The van der Waals surface area contributed by atoms with Crippen LogP contribution >= 0.6 is 0 Å². The van der Waals surface area contributed by atoms with Crippen molar-refractivity contribution >= 4 is 15.7 Å². The molecule has 0 fully saturated rings. The topological polar surface area (TPSA) is 64.0 Å². The summed E-state index contributed by atoms with van der Waals surface area (Å²) in [4.78, 5) is 0.267. The van der Waals surface area contributed by atoms with E-state index in [2.05, 4.69) is 23.7 Å². The highest BCUT2D eigenvalue weighted by Gasteiger charge is 2.17. The van der Waals surface area contributed by atoms with Gasteiger partial charge in [0.05, 0.1) is 16.3 Å². The lowest BCUT2D eigenvalue weighted by atomic mass is 10.0. The molecule has 120 valence electrons. The third-order valence-electron chi connectivity index (χ3n) is 3.39. The van der Waals surface area contributed by atoms with Gasteiger partial charge in [-0.1, -0.05) is 26.0 Å². The van der Waals surface area contributed by atoms with Gasteiger partial charge < -0.3 is 0 Å². The van der Waals surface area contributed by atoms with E-state index in [1.165, 1.54) is 0 Å². The van der Waals surface area contributed by atoms with Crippen LogP contribution < -0.4 is 4.72 Å². The fraction of sp³-hybridized carbons (Fsp3) is 0.438. The van der Waals surface area contributed by atoms with Crippen LogP contribution in [0.25, 0.3) is 0 Å². The lowest BCUT2D eigenvalue weighted by molar-refractivity contribution is 0.601. The molecule has 0 saturated carbocycles. The Morgan fingerprint density at radius 1 is 1.23 bits per heavy atom. The molecule has 0 unspecified atom stereocenters. The Balaban J connectivity index is 2.20. The second-order valence-electron chi connectivity index (χ2n) is 5.83. The fourth-order valence-corrected chi connectivity index (χ4v) is 3.36. The van der Waals surface area contributed by atoms with Gasteiger partial charge in [0.15, 0.2) is 0 Å². The predicted molar refractivity (Wildman–Crippen MR) is 88.4 cm³/mol. The van der Waals surface area contributed by atoms with E-state index in [-0.39, 0.29) is 4.90 Å². The van der Waals surface area contributed by atoms with Crippen molar-refractivity contribution in [2.45, 2.75) is 45.6 Å². The quantitative estimate of drug-likeness (QED) is 0.888. The Bertz CT molecular complexity index is 731. The van der Waals surface area contributed by atoms with E-state index < -0.39 is 10.0 Å². The lowest BCUT2D eigenvalue weighted by Gasteiger charge is -2.09. The largest absolute Gasteiger partial charge is 0.276 e. The first-order valence-corrected chi connectivity index (χ1v) is 8.96. The first kappa shape index (κ1) is 16.5. The summed E-state index contributed by atoms with van der Waals surface area (Å²) in [6.07, 6.45) is 2.65. The summed E-state index contributed by atoms with van der Waals surface area (Å²) in [5.41, 5.74) is 2.33. The number of nitrogens with one attached hydrogen (secondary N) is 1. The van der Waals surface area contributed by atoms with E-state index >= 15 is 0 Å². The zero-order chi connectivity index (χ0) is 16.3. The molecule has 22 heavy (non-hydrogen) atoms. The first-order chi connectivity index (χ1) is 10.3. The summed E-state index contributed by atoms with van der Waals surface area (Å²) >= 11 is 0. The fourth-order valence-electron chi connectivity index (χ4n) is 2.26. The molecule has 0 radical (unpaired) electrons. The van der Waals surface area contributed by atoms with Gasteiger partial charge in [-0.15, -0.1) is 0 Å². The van der Waals surface area contributed by atoms with E-state index in [1.807, 2.05) is 19.1 Å². The van der Waals surface area contributed by atoms with Gasteiger partial charge in [0.25, 0.3) is 10.0 Å². The van der Waals surface area contributed by atoms with Gasteiger partial charge in [-0.2, -0.15) is 5.10 Å². The van der Waals surface area contributed by atoms with Crippen LogP contribution in [0.2, 0.25) is 0 Å². The zero-order valence-electron chi connectivity index (χ0n) is 13.5. The van der Waals surface area contributed by atoms with Gasteiger partial charge in [0.2, 0.25) is 0 Å². The highest BCUT2D eigenvalue weighted by Crippen LogP contribution is 2.20. The van der Waals surface area contributed by atoms with Crippen molar-refractivity contribution in [3.8, 4) is 0 Å². The van der Waals surface area contributed by atoms with Crippen molar-refractivity contribution in [3.05, 3.63) is 41.7 Å². The number of aromatic nitrogens is 2. The molecule has 1 aromatic heterocycles. The SMILES string of the molecule is CCn1cc(NS(=O)(=O)c2ccc(CC(C)C)cc2)c(C)n1. The van der Waals surface area contributed by atoms with E-state index in [9.17, 15) is 8.42 Å². The smallest absolute Gasteiger partial charge is 0.262 e. The molecule has 0 aliphatic heterocycles. The highest BCUT2D eigenvalue weighted by atomic mass is 32.2. The van der Waals surface area contributed by atoms with E-state index in [1.54, 1.807) is 29.9 Å². The van der Waals surface area contributed by atoms with Crippen LogP contribution in [-0.2, 0) is 23.0 Å². The van der Waals surface area contributed by atoms with Gasteiger partial charge in [0, 0.05) is 12.7 Å². The van der Waals surface area contributed by atoms with E-state index in [0.29, 0.717) is 23.8 Å². The van der Waals surface area contributed by atoms with E-state index in [4.69, 9.17) is 0 Å². The minimum atomic E-state index is -3.58. The number of hydrogen-bond acceptors (Lipinski definition) is 3. The molecule has 0 atom stereocenters. The molecule has 2 aromatic rings. The van der Waals surface area contributed by atoms with Gasteiger partial charge in [-0.3, -0.25) is 9.40 Å². The third-order valence-corrected chi connectivity index (χ3v) is 4.77. The molecule has 1 heterocycles. The molecular formula is C16H23N3O2S. The highest BCUT2D eigenvalue weighted by molar-refractivity contribution is 7.92. The Kier molecular flexibility index (Phi) is 4.90. The molecule has 0 saturated heterocycles. The van der Waals surface area contributed by atoms with Crippen molar-refractivity contribution in [2.24, 2.45) is 5.92 Å². The first-order valence-electron chi connectivity index (χ1n) is 7.47. The molecule has 1 aromatic carbocycles. The number of anilines is 1. The number of aryl methyl sites for hydroxylation is 2. The number of nitrogens with zero attached hydrogens (tertiary/aromatic N) is 2. The summed E-state index contributed by atoms with van der Waals surface area (Å²) in [7, 11) is -3.58. The molecule has 0 amide bonds. The predicted octanol–water partition coefficient (Wildman–Crippen LogP) is 3.21. The monoisotopic (exact) mass is 321 g/mol. The van der Waals surface area contributed by atoms with Crippen molar-refractivity contribution in [2.75, 3.05) is 4.72 Å². The maximum absolute atomic E-state index is 12.4. The van der Waals surface area contributed by atoms with Crippen LogP contribution in [0.4, 0.5) is 5.69 Å². The van der Waals surface area contributed by atoms with Gasteiger partial charge in [0.1, 0.15) is 0 Å². The summed E-state index contributed by atoms with van der Waals surface area (Å²) < 4.78 is 29.2. The second-order valence-corrected chi connectivity index (χ2v) is 7.51. The van der Waals surface area contributed by atoms with Crippen molar-refractivity contribution < 1.29 is 8.42 Å². The van der Waals surface area contributed by atoms with Crippen LogP contribution in [0.1, 0.15) is 32.0 Å². The zero-order valence-corrected chi connectivity index (χ0v) is 14.3. The van der Waals surface area contributed by atoms with Crippen LogP contribution in [0.15, 0.2) is 35.4 Å². The number of hydrogen-bond donors (Lipinski definition) is 1. The van der Waals surface area contributed by atoms with Gasteiger partial charge in [-0.25, -0.2) is 8.42 Å². The van der Waals surface area contributed by atoms with Crippen molar-refractivity contribution in [1.82, 2.24) is 9.78 Å². The lowest BCUT2D eigenvalue weighted by Crippen LogP contribution is -2.13. The second kappa shape index (κ2) is 6.52. The van der Waals surface area contributed by atoms with E-state index in [0.717, 1.165) is 12.0 Å². The molecule has 0 bridgehead atoms. The molecule has 2 rings (SSSR count). The van der Waals surface area contributed by atoms with Crippen LogP contribution in [0.3, 0.4) is 0 Å². The Morgan fingerprint density at radius 2 is 1.86 bits per heavy atom. The summed E-state index contributed by atoms with van der Waals surface area (Å²) in [5, 5.41) is 4.24. The Labute approximate surface area is 132 Å². The molecule has 0 spiro atoms. The van der Waals surface area contributed by atoms with Crippen LogP contribution in [0.5, 0.6) is 0 Å². The number of rotatable bonds is 6. The number of sulfonamides is 1. The minimum Gasteiger partial charge on any atom is -0.276 e. The van der Waals surface area contributed by atoms with Gasteiger partial charge >= 0.3 is 0 Å². The summed E-state index contributed by atoms with van der Waals surface area (Å²) in [6, 6.07) is 7.05. The normalized spacial score (nSPS) is 11.9. The Morgan fingerprint density at radius 3 is 2.36 bits per heavy atom. The average Bonchev–Trinajstić information content (AvgIpc) is 2.79. The third kappa shape index (κ3) is 3.88. The molecule has 1 N–H and O–H groups in total. The maximum atomic E-state index is 12.4. The molecule has 0 aliphatic carbocycles. The molecular weight excluding hydrogens is 298 g/mol. The van der Waals surface area contributed by atoms with Crippen LogP contribution in [-0.4, -0.2) is 18.2 Å². The van der Waals surface area contributed by atoms with Gasteiger partial charge in [-0.05, 0) is 43.9 Å². The van der Waals surface area contributed by atoms with Crippen molar-refractivity contribution in [3.63, 3.8) is 0 Å². The summed E-state index contributed by atoms with van der Waals surface area (Å²) in [6.45, 7) is 8.72.